The van der Waals surface area contributed by atoms with Crippen molar-refractivity contribution in [1.82, 2.24) is 10.3 Å². The summed E-state index contributed by atoms with van der Waals surface area (Å²) < 4.78 is 23.0. The maximum atomic E-state index is 12.4. The van der Waals surface area contributed by atoms with Crippen LogP contribution < -0.4 is 10.6 Å². The van der Waals surface area contributed by atoms with Gasteiger partial charge in [0.05, 0.1) is 29.0 Å². The van der Waals surface area contributed by atoms with Crippen molar-refractivity contribution in [2.45, 2.75) is 26.3 Å². The van der Waals surface area contributed by atoms with Gasteiger partial charge in [-0.05, 0) is 38.0 Å². The number of pyridine rings is 1. The Morgan fingerprint density at radius 2 is 2.00 bits per heavy atom. The van der Waals surface area contributed by atoms with Crippen molar-refractivity contribution in [2.75, 3.05) is 16.8 Å². The molecule has 1 saturated heterocycles. The summed E-state index contributed by atoms with van der Waals surface area (Å²) in [5.74, 6) is -0.171. The molecule has 1 aliphatic heterocycles. The van der Waals surface area contributed by atoms with Gasteiger partial charge in [0.15, 0.2) is 9.84 Å². The van der Waals surface area contributed by atoms with Crippen LogP contribution in [0.3, 0.4) is 0 Å². The smallest absolute Gasteiger partial charge is 0.253 e. The average molecular weight is 359 g/mol. The van der Waals surface area contributed by atoms with Crippen LogP contribution in [0.5, 0.6) is 0 Å². The Morgan fingerprint density at radius 3 is 2.68 bits per heavy atom. The fraction of sp³-hybridized carbons (Fsp3) is 0.333. The first-order valence-electron chi connectivity index (χ1n) is 8.13. The molecule has 6 nitrogen and oxygen atoms in total. The fourth-order valence-corrected chi connectivity index (χ4v) is 4.59. The van der Waals surface area contributed by atoms with E-state index in [2.05, 4.69) is 21.7 Å². The summed E-state index contributed by atoms with van der Waals surface area (Å²) in [6, 6.07) is 7.46. The second-order valence-corrected chi connectivity index (χ2v) is 8.71. The van der Waals surface area contributed by atoms with E-state index in [0.29, 0.717) is 17.7 Å². The standard InChI is InChI=1S/C18H21N3O3S/c1-12-3-4-17(13(2)7-12)20-16-8-14(9-19-10-16)18(22)21-15-5-6-25(23,24)11-15/h3-4,7-10,15,20H,5-6,11H2,1-2H3,(H,21,22). The molecule has 0 radical (unpaired) electrons. The highest BCUT2D eigenvalue weighted by atomic mass is 32.2. The van der Waals surface area contributed by atoms with Crippen molar-refractivity contribution < 1.29 is 13.2 Å². The number of rotatable bonds is 4. The number of nitrogens with zero attached hydrogens (tertiary/aromatic N) is 1. The molecule has 7 heteroatoms. The largest absolute Gasteiger partial charge is 0.354 e. The number of nitrogens with one attached hydrogen (secondary N) is 2. The van der Waals surface area contributed by atoms with E-state index < -0.39 is 9.84 Å². The van der Waals surface area contributed by atoms with Crippen molar-refractivity contribution >= 4 is 27.1 Å². The van der Waals surface area contributed by atoms with Crippen molar-refractivity contribution in [3.8, 4) is 0 Å². The van der Waals surface area contributed by atoms with Gasteiger partial charge in [-0.1, -0.05) is 17.7 Å². The Kier molecular flexibility index (Phi) is 4.76. The van der Waals surface area contributed by atoms with E-state index in [9.17, 15) is 13.2 Å². The van der Waals surface area contributed by atoms with Crippen LogP contribution in [0.4, 0.5) is 11.4 Å². The quantitative estimate of drug-likeness (QED) is 0.875. The maximum Gasteiger partial charge on any atom is 0.253 e. The minimum Gasteiger partial charge on any atom is -0.354 e. The lowest BCUT2D eigenvalue weighted by atomic mass is 10.1. The first-order valence-corrected chi connectivity index (χ1v) is 9.95. The van der Waals surface area contributed by atoms with Crippen LogP contribution in [0.15, 0.2) is 36.7 Å². The molecule has 2 N–H and O–H groups in total. The third-order valence-electron chi connectivity index (χ3n) is 4.23. The summed E-state index contributed by atoms with van der Waals surface area (Å²) in [6.45, 7) is 4.05. The average Bonchev–Trinajstić information content (AvgIpc) is 2.89. The van der Waals surface area contributed by atoms with Crippen molar-refractivity contribution in [3.05, 3.63) is 53.3 Å². The van der Waals surface area contributed by atoms with Crippen LogP contribution in [0.1, 0.15) is 27.9 Å². The third kappa shape index (κ3) is 4.36. The minimum atomic E-state index is -3.02. The summed E-state index contributed by atoms with van der Waals surface area (Å²) in [6.07, 6.45) is 3.59. The zero-order valence-electron chi connectivity index (χ0n) is 14.2. The first-order chi connectivity index (χ1) is 11.8. The normalized spacial score (nSPS) is 18.7. The number of aryl methyl sites for hydroxylation is 2. The van der Waals surface area contributed by atoms with Gasteiger partial charge in [0.25, 0.3) is 5.91 Å². The van der Waals surface area contributed by atoms with Gasteiger partial charge in [-0.15, -0.1) is 0 Å². The third-order valence-corrected chi connectivity index (χ3v) is 6.00. The number of amides is 1. The van der Waals surface area contributed by atoms with Crippen LogP contribution in [0.2, 0.25) is 0 Å². The van der Waals surface area contributed by atoms with Crippen LogP contribution in [0.25, 0.3) is 0 Å². The van der Waals surface area contributed by atoms with Crippen molar-refractivity contribution in [1.29, 1.82) is 0 Å². The first kappa shape index (κ1) is 17.4. The molecular formula is C18H21N3O3S. The van der Waals surface area contributed by atoms with E-state index in [0.717, 1.165) is 11.3 Å². The Balaban J connectivity index is 1.71. The second-order valence-electron chi connectivity index (χ2n) is 6.48. The van der Waals surface area contributed by atoms with E-state index in [4.69, 9.17) is 0 Å². The molecule has 0 spiro atoms. The number of carbonyl (C=O) groups excluding carboxylic acids is 1. The summed E-state index contributed by atoms with van der Waals surface area (Å²) in [4.78, 5) is 16.5. The number of hydrogen-bond donors (Lipinski definition) is 2. The second kappa shape index (κ2) is 6.84. The summed E-state index contributed by atoms with van der Waals surface area (Å²) >= 11 is 0. The molecule has 0 saturated carbocycles. The number of carbonyl (C=O) groups is 1. The van der Waals surface area contributed by atoms with E-state index in [1.807, 2.05) is 26.0 Å². The Bertz CT molecular complexity index is 910. The molecule has 1 unspecified atom stereocenters. The molecule has 0 bridgehead atoms. The molecule has 1 aliphatic rings. The lowest BCUT2D eigenvalue weighted by Crippen LogP contribution is -2.35. The van der Waals surface area contributed by atoms with Gasteiger partial charge in [0.1, 0.15) is 0 Å². The van der Waals surface area contributed by atoms with Gasteiger partial charge in [-0.2, -0.15) is 0 Å². The number of aromatic nitrogens is 1. The Labute approximate surface area is 147 Å². The predicted molar refractivity (Wildman–Crippen MR) is 98.0 cm³/mol. The fourth-order valence-electron chi connectivity index (χ4n) is 2.92. The van der Waals surface area contributed by atoms with Gasteiger partial charge in [-0.25, -0.2) is 8.42 Å². The van der Waals surface area contributed by atoms with Crippen molar-refractivity contribution in [2.24, 2.45) is 0 Å². The number of sulfone groups is 1. The van der Waals surface area contributed by atoms with Crippen LogP contribution in [0, 0.1) is 13.8 Å². The molecule has 1 atom stereocenters. The molecule has 2 aromatic rings. The topological polar surface area (TPSA) is 88.2 Å². The molecule has 132 valence electrons. The molecular weight excluding hydrogens is 338 g/mol. The van der Waals surface area contributed by atoms with Gasteiger partial charge in [-0.3, -0.25) is 9.78 Å². The lowest BCUT2D eigenvalue weighted by Gasteiger charge is -2.13. The summed E-state index contributed by atoms with van der Waals surface area (Å²) in [5, 5.41) is 6.04. The molecule has 1 aromatic heterocycles. The predicted octanol–water partition coefficient (Wildman–Crippen LogP) is 2.36. The monoisotopic (exact) mass is 359 g/mol. The Morgan fingerprint density at radius 1 is 1.20 bits per heavy atom. The van der Waals surface area contributed by atoms with Gasteiger partial charge in [0.2, 0.25) is 0 Å². The molecule has 1 fully saturated rings. The van der Waals surface area contributed by atoms with Crippen LogP contribution in [-0.4, -0.2) is 36.9 Å². The van der Waals surface area contributed by atoms with Crippen LogP contribution >= 0.6 is 0 Å². The summed E-state index contributed by atoms with van der Waals surface area (Å²) in [5.41, 5.74) is 4.34. The van der Waals surface area contributed by atoms with E-state index >= 15 is 0 Å². The van der Waals surface area contributed by atoms with E-state index in [1.54, 1.807) is 12.3 Å². The van der Waals surface area contributed by atoms with Crippen molar-refractivity contribution in [3.63, 3.8) is 0 Å². The maximum absolute atomic E-state index is 12.4. The minimum absolute atomic E-state index is 0.00662. The molecule has 2 heterocycles. The molecule has 1 amide bonds. The molecule has 0 aliphatic carbocycles. The molecule has 1 aromatic carbocycles. The molecule has 3 rings (SSSR count). The Hall–Kier alpha value is -2.41. The highest BCUT2D eigenvalue weighted by Crippen LogP contribution is 2.21. The lowest BCUT2D eigenvalue weighted by molar-refractivity contribution is 0.0941. The van der Waals surface area contributed by atoms with Gasteiger partial charge < -0.3 is 10.6 Å². The zero-order valence-corrected chi connectivity index (χ0v) is 15.1. The highest BCUT2D eigenvalue weighted by Gasteiger charge is 2.29. The zero-order chi connectivity index (χ0) is 18.0. The number of benzene rings is 1. The molecule has 25 heavy (non-hydrogen) atoms. The number of hydrogen-bond acceptors (Lipinski definition) is 5. The SMILES string of the molecule is Cc1ccc(Nc2cncc(C(=O)NC3CCS(=O)(=O)C3)c2)c(C)c1. The van der Waals surface area contributed by atoms with E-state index in [-0.39, 0.29) is 23.5 Å². The van der Waals surface area contributed by atoms with Crippen LogP contribution in [-0.2, 0) is 9.84 Å². The van der Waals surface area contributed by atoms with Gasteiger partial charge in [0, 0.05) is 17.9 Å². The highest BCUT2D eigenvalue weighted by molar-refractivity contribution is 7.91. The number of anilines is 2. The van der Waals surface area contributed by atoms with E-state index in [1.165, 1.54) is 11.8 Å². The van der Waals surface area contributed by atoms with Gasteiger partial charge >= 0.3 is 0 Å². The summed E-state index contributed by atoms with van der Waals surface area (Å²) in [7, 11) is -3.02.